The van der Waals surface area contributed by atoms with Crippen LogP contribution in [0.25, 0.3) is 0 Å². The van der Waals surface area contributed by atoms with Crippen molar-refractivity contribution in [3.8, 4) is 0 Å². The van der Waals surface area contributed by atoms with Gasteiger partial charge in [-0.25, -0.2) is 0 Å². The van der Waals surface area contributed by atoms with E-state index in [0.717, 1.165) is 0 Å². The molecule has 3 amide bonds. The number of amides is 3. The van der Waals surface area contributed by atoms with Crippen molar-refractivity contribution in [3.63, 3.8) is 0 Å². The van der Waals surface area contributed by atoms with E-state index in [9.17, 15) is 34.2 Å². The highest BCUT2D eigenvalue weighted by Crippen LogP contribution is 2.20. The lowest BCUT2D eigenvalue weighted by Crippen LogP contribution is -2.46. The minimum absolute atomic E-state index is 0.0903. The molecule has 2 aliphatic heterocycles. The minimum atomic E-state index is -0.953. The highest BCUT2D eigenvalue weighted by Gasteiger charge is 2.29. The lowest BCUT2D eigenvalue weighted by atomic mass is 9.93. The molecule has 2 aliphatic rings. The second-order valence-electron chi connectivity index (χ2n) is 12.5. The van der Waals surface area contributed by atoms with Crippen LogP contribution in [0.1, 0.15) is 27.7 Å². The molecule has 0 unspecified atom stereocenters. The van der Waals surface area contributed by atoms with Gasteiger partial charge >= 0.3 is 11.9 Å². The molecule has 0 radical (unpaired) electrons. The second kappa shape index (κ2) is 17.2. The first-order chi connectivity index (χ1) is 20.0. The smallest absolute Gasteiger partial charge is 0.317 e. The summed E-state index contributed by atoms with van der Waals surface area (Å²) in [5.74, 6) is -2.27. The van der Waals surface area contributed by atoms with Gasteiger partial charge in [0.1, 0.15) is 10.9 Å². The molecule has 244 valence electrons. The van der Waals surface area contributed by atoms with Crippen LogP contribution in [0.15, 0.2) is 0 Å². The summed E-state index contributed by atoms with van der Waals surface area (Å²) in [6.07, 6.45) is 0. The maximum atomic E-state index is 12.8. The molecule has 0 bridgehead atoms. The van der Waals surface area contributed by atoms with Crippen LogP contribution in [0.4, 0.5) is 0 Å². The number of carboxylic acid groups (broad SMARTS) is 2. The Hall–Kier alpha value is -2.37. The van der Waals surface area contributed by atoms with E-state index >= 15 is 0 Å². The normalized spacial score (nSPS) is 18.2. The quantitative estimate of drug-likeness (QED) is 0.154. The van der Waals surface area contributed by atoms with Crippen molar-refractivity contribution in [1.29, 1.82) is 0 Å². The van der Waals surface area contributed by atoms with Crippen molar-refractivity contribution >= 4 is 58.0 Å². The van der Waals surface area contributed by atoms with Crippen molar-refractivity contribution in [3.05, 3.63) is 0 Å². The number of nitrogens with one attached hydrogen (secondary N) is 2. The molecule has 4 N–H and O–H groups in total. The molecule has 16 heteroatoms. The van der Waals surface area contributed by atoms with Crippen LogP contribution < -0.4 is 10.6 Å². The molecule has 2 heterocycles. The first kappa shape index (κ1) is 36.8. The second-order valence-corrected chi connectivity index (χ2v) is 14.1. The summed E-state index contributed by atoms with van der Waals surface area (Å²) in [6.45, 7) is 11.8. The van der Waals surface area contributed by atoms with Crippen LogP contribution in [0.2, 0.25) is 0 Å². The Labute approximate surface area is 262 Å². The highest BCUT2D eigenvalue weighted by molar-refractivity contribution is 8.23. The molecule has 0 spiro atoms. The zero-order chi connectivity index (χ0) is 32.2. The van der Waals surface area contributed by atoms with E-state index < -0.39 is 11.9 Å². The van der Waals surface area contributed by atoms with Crippen LogP contribution >= 0.6 is 24.0 Å². The molecule has 43 heavy (non-hydrogen) atoms. The third kappa shape index (κ3) is 14.8. The lowest BCUT2D eigenvalue weighted by Gasteiger charge is -2.30. The zero-order valence-corrected chi connectivity index (χ0v) is 27.2. The number of hydrogen-bond donors (Lipinski definition) is 4. The maximum absolute atomic E-state index is 12.8. The summed E-state index contributed by atoms with van der Waals surface area (Å²) in [5, 5.41) is 24.2. The van der Waals surface area contributed by atoms with Gasteiger partial charge in [0.15, 0.2) is 0 Å². The van der Waals surface area contributed by atoms with Crippen LogP contribution in [0.5, 0.6) is 0 Å². The fraction of sp³-hybridized carbons (Fsp3) is 0.778. The Bertz CT molecular complexity index is 983. The topological polar surface area (TPSA) is 172 Å². The monoisotopic (exact) mass is 646 g/mol. The van der Waals surface area contributed by atoms with E-state index in [0.29, 0.717) is 69.9 Å². The summed E-state index contributed by atoms with van der Waals surface area (Å²) in [5.41, 5.74) is -0.741. The molecular formula is C27H46N6O8S2. The number of hydrogen-bond acceptors (Lipinski definition) is 11. The van der Waals surface area contributed by atoms with Crippen molar-refractivity contribution in [2.45, 2.75) is 27.7 Å². The predicted molar refractivity (Wildman–Crippen MR) is 166 cm³/mol. The Kier molecular flexibility index (Phi) is 14.7. The Morgan fingerprint density at radius 2 is 1.16 bits per heavy atom. The van der Waals surface area contributed by atoms with Gasteiger partial charge in [-0.05, 0) is 0 Å². The van der Waals surface area contributed by atoms with Crippen molar-refractivity contribution < 1.29 is 38.9 Å². The molecule has 14 nitrogen and oxygen atoms in total. The number of ether oxygens (including phenoxy) is 1. The van der Waals surface area contributed by atoms with E-state index in [2.05, 4.69) is 10.6 Å². The summed E-state index contributed by atoms with van der Waals surface area (Å²) in [6, 6.07) is 0. The third-order valence-electron chi connectivity index (χ3n) is 6.94. The number of aliphatic carboxylic acids is 2. The molecule has 0 saturated carbocycles. The fourth-order valence-electron chi connectivity index (χ4n) is 4.41. The third-order valence-corrected chi connectivity index (χ3v) is 8.37. The van der Waals surface area contributed by atoms with E-state index in [1.165, 1.54) is 16.7 Å². The van der Waals surface area contributed by atoms with Gasteiger partial charge in [-0.2, -0.15) is 0 Å². The van der Waals surface area contributed by atoms with Gasteiger partial charge in [-0.3, -0.25) is 43.6 Å². The van der Waals surface area contributed by atoms with Crippen LogP contribution in [0, 0.1) is 10.8 Å². The maximum Gasteiger partial charge on any atom is 0.317 e. The average Bonchev–Trinajstić information content (AvgIpc) is 3.25. The molecule has 2 rings (SSSR count). The Morgan fingerprint density at radius 1 is 0.767 bits per heavy atom. The molecular weight excluding hydrogens is 600 g/mol. The minimum Gasteiger partial charge on any atom is -0.480 e. The first-order valence-corrected chi connectivity index (χ1v) is 15.6. The van der Waals surface area contributed by atoms with E-state index in [4.69, 9.17) is 17.0 Å². The number of carboxylic acids is 2. The van der Waals surface area contributed by atoms with Gasteiger partial charge in [0.2, 0.25) is 17.7 Å². The predicted octanol–water partition coefficient (Wildman–Crippen LogP) is -0.763. The van der Waals surface area contributed by atoms with Crippen LogP contribution in [-0.2, 0) is 28.7 Å². The zero-order valence-electron chi connectivity index (χ0n) is 25.6. The SMILES string of the molecule is CC(C)(CNC(=O)CN1CCN(CC(=O)O)CCN(CC(=O)O)CC1)COCC(C)(C)CNC(=O)CN1C(=O)CSC1=S. The van der Waals surface area contributed by atoms with Crippen molar-refractivity contribution in [1.82, 2.24) is 30.2 Å². The number of thiocarbonyl (C=S) groups is 1. The van der Waals surface area contributed by atoms with Crippen molar-refractivity contribution in [2.24, 2.45) is 10.8 Å². The number of carbonyl (C=O) groups excluding carboxylic acids is 3. The van der Waals surface area contributed by atoms with Gasteiger partial charge in [0.05, 0.1) is 38.6 Å². The lowest BCUT2D eigenvalue weighted by molar-refractivity contribution is -0.140. The number of carbonyl (C=O) groups is 5. The largest absolute Gasteiger partial charge is 0.480 e. The van der Waals surface area contributed by atoms with Gasteiger partial charge < -0.3 is 25.6 Å². The summed E-state index contributed by atoms with van der Waals surface area (Å²) >= 11 is 6.37. The first-order valence-electron chi connectivity index (χ1n) is 14.2. The van der Waals surface area contributed by atoms with Crippen LogP contribution in [-0.4, -0.2) is 161 Å². The number of rotatable bonds is 16. The molecule has 0 aliphatic carbocycles. The van der Waals surface area contributed by atoms with Gasteiger partial charge in [0, 0.05) is 63.2 Å². The Morgan fingerprint density at radius 3 is 1.53 bits per heavy atom. The molecule has 2 fully saturated rings. The summed E-state index contributed by atoms with van der Waals surface area (Å²) in [7, 11) is 0. The van der Waals surface area contributed by atoms with E-state index in [-0.39, 0.29) is 60.5 Å². The highest BCUT2D eigenvalue weighted by atomic mass is 32.2. The van der Waals surface area contributed by atoms with E-state index in [1.54, 1.807) is 9.80 Å². The molecule has 0 aromatic rings. The average molecular weight is 647 g/mol. The van der Waals surface area contributed by atoms with E-state index in [1.807, 2.05) is 32.6 Å². The van der Waals surface area contributed by atoms with Crippen molar-refractivity contribution in [2.75, 3.05) is 97.5 Å². The van der Waals surface area contributed by atoms with Crippen LogP contribution in [0.3, 0.4) is 0 Å². The molecule has 2 saturated heterocycles. The standard InChI is InChI=1S/C27H46N6O8S2/c1-26(2,18-41-19-27(3,4)17-29-21(35)12-33-22(36)15-43-25(33)42)16-28-20(34)11-30-5-7-31(13-23(37)38)9-10-32(8-6-30)14-24(39)40/h5-19H2,1-4H3,(H,28,34)(H,29,35)(H,37,38)(H,39,40). The molecule has 0 aromatic heterocycles. The Balaban J connectivity index is 1.76. The molecule has 0 atom stereocenters. The summed E-state index contributed by atoms with van der Waals surface area (Å²) < 4.78 is 6.38. The summed E-state index contributed by atoms with van der Waals surface area (Å²) in [4.78, 5) is 66.2. The fourth-order valence-corrected chi connectivity index (χ4v) is 5.48. The van der Waals surface area contributed by atoms with Gasteiger partial charge in [-0.15, -0.1) is 0 Å². The van der Waals surface area contributed by atoms with Gasteiger partial charge in [0.25, 0.3) is 0 Å². The molecule has 0 aromatic carbocycles. The number of thioether (sulfide) groups is 1. The van der Waals surface area contributed by atoms with Gasteiger partial charge in [-0.1, -0.05) is 51.7 Å². The number of nitrogens with zero attached hydrogens (tertiary/aromatic N) is 4.